The molecule has 0 aromatic heterocycles. The number of allylic oxidation sites excluding steroid dienone is 1. The molecular formula is C9H13NO3. The lowest BCUT2D eigenvalue weighted by Gasteiger charge is -2.06. The number of carbonyl (C=O) groups is 1. The Morgan fingerprint density at radius 3 is 2.46 bits per heavy atom. The van der Waals surface area contributed by atoms with Gasteiger partial charge in [-0.1, -0.05) is 6.92 Å². The van der Waals surface area contributed by atoms with E-state index in [1.807, 2.05) is 6.92 Å². The summed E-state index contributed by atoms with van der Waals surface area (Å²) in [5.74, 6) is -0.0440. The molecule has 0 aliphatic rings. The molecule has 0 saturated carbocycles. The fourth-order valence-electron chi connectivity index (χ4n) is 0.963. The molecule has 0 aromatic carbocycles. The second kappa shape index (κ2) is 6.14. The van der Waals surface area contributed by atoms with E-state index in [4.69, 9.17) is 4.74 Å². The fourth-order valence-corrected chi connectivity index (χ4v) is 0.963. The van der Waals surface area contributed by atoms with Crippen LogP contribution in [0.1, 0.15) is 27.2 Å². The lowest BCUT2D eigenvalue weighted by atomic mass is 10.1. The Morgan fingerprint density at radius 1 is 1.46 bits per heavy atom. The highest BCUT2D eigenvalue weighted by Gasteiger charge is 2.10. The highest BCUT2D eigenvalue weighted by atomic mass is 16.5. The van der Waals surface area contributed by atoms with Crippen LogP contribution in [0.2, 0.25) is 0 Å². The molecule has 0 fully saturated rings. The lowest BCUT2D eigenvalue weighted by molar-refractivity contribution is -0.114. The first-order valence-electron chi connectivity index (χ1n) is 4.12. The summed E-state index contributed by atoms with van der Waals surface area (Å²) >= 11 is 0. The Morgan fingerprint density at radius 2 is 2.08 bits per heavy atom. The largest absolute Gasteiger partial charge is 0.498 e. The summed E-state index contributed by atoms with van der Waals surface area (Å²) in [6, 6.07) is 0. The van der Waals surface area contributed by atoms with Crippen molar-refractivity contribution in [3.63, 3.8) is 0 Å². The maximum absolute atomic E-state index is 11.1. The number of hydrogen-bond donors (Lipinski definition) is 0. The average molecular weight is 183 g/mol. The zero-order chi connectivity index (χ0) is 10.3. The van der Waals surface area contributed by atoms with Crippen molar-refractivity contribution < 1.29 is 14.3 Å². The van der Waals surface area contributed by atoms with Gasteiger partial charge in [0.05, 0.1) is 12.2 Å². The molecule has 13 heavy (non-hydrogen) atoms. The van der Waals surface area contributed by atoms with Crippen molar-refractivity contribution >= 4 is 12.0 Å². The molecule has 0 N–H and O–H groups in total. The van der Waals surface area contributed by atoms with Gasteiger partial charge in [-0.25, -0.2) is 4.79 Å². The number of aliphatic imine (C=N–C) groups is 1. The number of nitrogens with zero attached hydrogens (tertiary/aromatic N) is 1. The van der Waals surface area contributed by atoms with Crippen molar-refractivity contribution in [2.24, 2.45) is 4.99 Å². The van der Waals surface area contributed by atoms with Crippen molar-refractivity contribution in [2.75, 3.05) is 6.61 Å². The molecule has 0 radical (unpaired) electrons. The van der Waals surface area contributed by atoms with Crippen molar-refractivity contribution in [3.8, 4) is 0 Å². The van der Waals surface area contributed by atoms with Gasteiger partial charge in [0.15, 0.2) is 0 Å². The van der Waals surface area contributed by atoms with Crippen LogP contribution in [-0.2, 0) is 14.3 Å². The minimum Gasteiger partial charge on any atom is -0.498 e. The van der Waals surface area contributed by atoms with Gasteiger partial charge in [-0.3, -0.25) is 4.79 Å². The predicted octanol–water partition coefficient (Wildman–Crippen LogP) is 1.57. The van der Waals surface area contributed by atoms with Crippen LogP contribution in [0.5, 0.6) is 0 Å². The predicted molar refractivity (Wildman–Crippen MR) is 47.7 cm³/mol. The summed E-state index contributed by atoms with van der Waals surface area (Å²) in [5, 5.41) is 0. The van der Waals surface area contributed by atoms with Gasteiger partial charge in [0.2, 0.25) is 6.08 Å². The molecule has 0 atom stereocenters. The molecule has 0 aromatic rings. The Kier molecular flexibility index (Phi) is 5.48. The monoisotopic (exact) mass is 183 g/mol. The molecule has 0 rings (SSSR count). The first-order chi connectivity index (χ1) is 6.17. The number of ether oxygens (including phenoxy) is 1. The number of amides is 1. The number of isocyanates is 1. The summed E-state index contributed by atoms with van der Waals surface area (Å²) in [7, 11) is 0. The van der Waals surface area contributed by atoms with E-state index >= 15 is 0 Å². The second-order valence-corrected chi connectivity index (χ2v) is 2.33. The van der Waals surface area contributed by atoms with Crippen LogP contribution in [0.15, 0.2) is 16.3 Å². The molecule has 4 heteroatoms. The molecule has 72 valence electrons. The van der Waals surface area contributed by atoms with Crippen LogP contribution in [0.25, 0.3) is 0 Å². The quantitative estimate of drug-likeness (QED) is 0.287. The molecule has 0 bridgehead atoms. The average Bonchev–Trinajstić information content (AvgIpc) is 2.06. The van der Waals surface area contributed by atoms with Crippen LogP contribution in [0.4, 0.5) is 0 Å². The summed E-state index contributed by atoms with van der Waals surface area (Å²) in [6.45, 7) is 5.80. The van der Waals surface area contributed by atoms with Crippen LogP contribution in [0.3, 0.4) is 0 Å². The van der Waals surface area contributed by atoms with E-state index in [1.54, 1.807) is 13.8 Å². The highest BCUT2D eigenvalue weighted by molar-refractivity contribution is 5.96. The molecule has 4 nitrogen and oxygen atoms in total. The molecule has 0 unspecified atom stereocenters. The third-order valence-electron chi connectivity index (χ3n) is 1.54. The van der Waals surface area contributed by atoms with Crippen molar-refractivity contribution in [2.45, 2.75) is 27.2 Å². The molecule has 0 aliphatic heterocycles. The van der Waals surface area contributed by atoms with Gasteiger partial charge in [-0.05, 0) is 20.3 Å². The Labute approximate surface area is 77.3 Å². The molecule has 0 aliphatic carbocycles. The van der Waals surface area contributed by atoms with E-state index in [9.17, 15) is 9.59 Å². The normalized spacial score (nSPS) is 11.3. The van der Waals surface area contributed by atoms with E-state index < -0.39 is 5.91 Å². The number of hydrogen-bond acceptors (Lipinski definition) is 3. The van der Waals surface area contributed by atoms with Gasteiger partial charge in [0.1, 0.15) is 5.76 Å². The van der Waals surface area contributed by atoms with Gasteiger partial charge in [-0.15, -0.1) is 4.99 Å². The summed E-state index contributed by atoms with van der Waals surface area (Å²) in [4.78, 5) is 24.0. The minimum absolute atomic E-state index is 0.421. The van der Waals surface area contributed by atoms with E-state index in [0.29, 0.717) is 24.4 Å². The van der Waals surface area contributed by atoms with Crippen LogP contribution in [0, 0.1) is 0 Å². The molecular weight excluding hydrogens is 170 g/mol. The smallest absolute Gasteiger partial charge is 0.287 e. The topological polar surface area (TPSA) is 55.7 Å². The Balaban J connectivity index is 4.75. The fraction of sp³-hybridized carbons (Fsp3) is 0.556. The Bertz CT molecular complexity index is 262. The van der Waals surface area contributed by atoms with Gasteiger partial charge >= 0.3 is 0 Å². The van der Waals surface area contributed by atoms with E-state index in [0.717, 1.165) is 0 Å². The van der Waals surface area contributed by atoms with Crippen molar-refractivity contribution in [1.29, 1.82) is 0 Å². The van der Waals surface area contributed by atoms with Crippen LogP contribution < -0.4 is 0 Å². The maximum atomic E-state index is 11.1. The third-order valence-corrected chi connectivity index (χ3v) is 1.54. The summed E-state index contributed by atoms with van der Waals surface area (Å²) in [5.41, 5.74) is 0.421. The SMILES string of the molecule is CCO/C(C)=C(/CC)C(=O)N=C=O. The van der Waals surface area contributed by atoms with Gasteiger partial charge in [0.25, 0.3) is 5.91 Å². The van der Waals surface area contributed by atoms with Gasteiger partial charge in [0, 0.05) is 0 Å². The molecule has 1 amide bonds. The van der Waals surface area contributed by atoms with Crippen LogP contribution >= 0.6 is 0 Å². The van der Waals surface area contributed by atoms with E-state index in [2.05, 4.69) is 4.99 Å². The number of carbonyl (C=O) groups excluding carboxylic acids is 2. The van der Waals surface area contributed by atoms with Crippen molar-refractivity contribution in [3.05, 3.63) is 11.3 Å². The molecule has 0 spiro atoms. The van der Waals surface area contributed by atoms with Gasteiger partial charge in [-0.2, -0.15) is 0 Å². The van der Waals surface area contributed by atoms with Crippen LogP contribution in [-0.4, -0.2) is 18.6 Å². The van der Waals surface area contributed by atoms with E-state index in [1.165, 1.54) is 6.08 Å². The minimum atomic E-state index is -0.566. The summed E-state index contributed by atoms with van der Waals surface area (Å²) in [6.07, 6.45) is 1.71. The second-order valence-electron chi connectivity index (χ2n) is 2.33. The van der Waals surface area contributed by atoms with E-state index in [-0.39, 0.29) is 0 Å². The first-order valence-corrected chi connectivity index (χ1v) is 4.12. The maximum Gasteiger partial charge on any atom is 0.287 e. The zero-order valence-corrected chi connectivity index (χ0v) is 8.09. The summed E-state index contributed by atoms with van der Waals surface area (Å²) < 4.78 is 5.13. The molecule has 0 saturated heterocycles. The standard InChI is InChI=1S/C9H13NO3/c1-4-8(7(3)13-5-2)9(12)10-6-11/h4-5H2,1-3H3/b8-7-. The van der Waals surface area contributed by atoms with Crippen molar-refractivity contribution in [1.82, 2.24) is 0 Å². The number of rotatable bonds is 4. The Hall–Kier alpha value is -1.41. The van der Waals surface area contributed by atoms with Gasteiger partial charge < -0.3 is 4.74 Å². The highest BCUT2D eigenvalue weighted by Crippen LogP contribution is 2.11. The zero-order valence-electron chi connectivity index (χ0n) is 8.09. The third kappa shape index (κ3) is 3.67. The molecule has 0 heterocycles. The first kappa shape index (κ1) is 11.6. The lowest BCUT2D eigenvalue weighted by Crippen LogP contribution is -2.03.